The van der Waals surface area contributed by atoms with Crippen LogP contribution >= 0.6 is 8.25 Å². The average Bonchev–Trinajstić information content (AvgIpc) is 2.16. The summed E-state index contributed by atoms with van der Waals surface area (Å²) < 4.78 is 7.00. The molecule has 0 saturated heterocycles. The van der Waals surface area contributed by atoms with Crippen LogP contribution in [-0.2, 0) is 28.1 Å². The third-order valence-corrected chi connectivity index (χ3v) is 15.3. The van der Waals surface area contributed by atoms with Crippen molar-refractivity contribution < 1.29 is 28.1 Å². The van der Waals surface area contributed by atoms with Crippen LogP contribution < -0.4 is 0 Å². The first-order valence-electron chi connectivity index (χ1n) is 6.32. The van der Waals surface area contributed by atoms with Crippen molar-refractivity contribution in [1.29, 1.82) is 0 Å². The van der Waals surface area contributed by atoms with Gasteiger partial charge in [-0.05, 0) is 0 Å². The predicted octanol–water partition coefficient (Wildman–Crippen LogP) is 4.53. The Morgan fingerprint density at radius 2 is 2.12 bits per heavy atom. The van der Waals surface area contributed by atoms with Crippen LogP contribution in [0.15, 0.2) is 11.8 Å². The van der Waals surface area contributed by atoms with Gasteiger partial charge in [0.15, 0.2) is 0 Å². The van der Waals surface area contributed by atoms with Crippen LogP contribution in [0.2, 0.25) is 3.43 Å². The van der Waals surface area contributed by atoms with E-state index in [1.54, 1.807) is 0 Å². The van der Waals surface area contributed by atoms with Gasteiger partial charge in [0.2, 0.25) is 0 Å². The molecule has 2 rings (SSSR count). The van der Waals surface area contributed by atoms with Gasteiger partial charge in [-0.1, -0.05) is 0 Å². The van der Waals surface area contributed by atoms with E-state index in [4.69, 9.17) is 13.0 Å². The van der Waals surface area contributed by atoms with E-state index in [1.807, 2.05) is 0 Å². The van der Waals surface area contributed by atoms with Crippen molar-refractivity contribution in [2.24, 2.45) is 11.3 Å². The molecule has 3 atom stereocenters. The molecule has 1 nitrogen and oxygen atoms in total. The topological polar surface area (TPSA) is 9.23 Å². The fourth-order valence-electron chi connectivity index (χ4n) is 3.72. The Balaban J connectivity index is 2.30. The number of hydrogen-bond donors (Lipinski definition) is 0. The van der Waals surface area contributed by atoms with E-state index in [0.29, 0.717) is 11.3 Å². The number of fused-ring (bicyclic) bond motifs is 1. The molecular formula is C13H21ClHgO. The molecule has 0 radical (unpaired) electrons. The standard InChI is InChI=1S/C13H21O.ClH.Hg/c1-10-6-7-11-12(2,3)8-5-9-13(11,4)14-10;;/h6,8,11H,5,7,9H2,1-4H3;1H;/q;;+1/p-1. The van der Waals surface area contributed by atoms with Crippen LogP contribution in [0.25, 0.3) is 0 Å². The molecule has 0 aromatic carbocycles. The fourth-order valence-corrected chi connectivity index (χ4v) is 12.6. The molecule has 0 bridgehead atoms. The van der Waals surface area contributed by atoms with E-state index < -0.39 is 23.3 Å². The van der Waals surface area contributed by atoms with Gasteiger partial charge in [0, 0.05) is 0 Å². The Kier molecular flexibility index (Phi) is 3.68. The summed E-state index contributed by atoms with van der Waals surface area (Å²) in [4.78, 5) is 0. The van der Waals surface area contributed by atoms with Crippen LogP contribution in [0.4, 0.5) is 0 Å². The molecule has 1 fully saturated rings. The summed E-state index contributed by atoms with van der Waals surface area (Å²) in [6.45, 7) is 9.22. The van der Waals surface area contributed by atoms with Crippen LogP contribution in [0.5, 0.6) is 0 Å². The Bertz CT molecular complexity index is 313. The van der Waals surface area contributed by atoms with Crippen molar-refractivity contribution in [2.75, 3.05) is 0 Å². The summed E-state index contributed by atoms with van der Waals surface area (Å²) in [5.74, 6) is 1.77. The number of halogens is 1. The molecule has 88 valence electrons. The van der Waals surface area contributed by atoms with Gasteiger partial charge in [-0.25, -0.2) is 0 Å². The van der Waals surface area contributed by atoms with Gasteiger partial charge in [-0.3, -0.25) is 0 Å². The van der Waals surface area contributed by atoms with Gasteiger partial charge in [0.25, 0.3) is 0 Å². The Hall–Kier alpha value is 0.765. The van der Waals surface area contributed by atoms with E-state index in [-0.39, 0.29) is 5.60 Å². The molecule has 0 spiro atoms. The molecule has 0 aromatic heterocycles. The van der Waals surface area contributed by atoms with Crippen molar-refractivity contribution in [3.63, 3.8) is 0 Å². The molecule has 1 aliphatic carbocycles. The maximum absolute atomic E-state index is 6.34. The zero-order valence-electron chi connectivity index (χ0n) is 10.8. The minimum absolute atomic E-state index is 0.0682. The molecule has 2 aliphatic rings. The third-order valence-electron chi connectivity index (χ3n) is 4.90. The second kappa shape index (κ2) is 4.46. The first-order chi connectivity index (χ1) is 7.40. The molecular weight excluding hydrogens is 408 g/mol. The minimum atomic E-state index is -1.15. The van der Waals surface area contributed by atoms with Gasteiger partial charge >= 0.3 is 115 Å². The number of hydrogen-bond acceptors (Lipinski definition) is 1. The van der Waals surface area contributed by atoms with Gasteiger partial charge in [0.05, 0.1) is 0 Å². The second-order valence-corrected chi connectivity index (χ2v) is 14.0. The molecule has 0 amide bonds. The average molecular weight is 429 g/mol. The van der Waals surface area contributed by atoms with Crippen molar-refractivity contribution >= 4 is 8.25 Å². The molecule has 0 aromatic rings. The summed E-state index contributed by atoms with van der Waals surface area (Å²) in [7, 11) is 6.34. The summed E-state index contributed by atoms with van der Waals surface area (Å²) in [5.41, 5.74) is 0.451. The summed E-state index contributed by atoms with van der Waals surface area (Å²) in [5, 5.41) is 0. The molecule has 16 heavy (non-hydrogen) atoms. The summed E-state index contributed by atoms with van der Waals surface area (Å²) in [6, 6.07) is 0. The Morgan fingerprint density at radius 1 is 1.44 bits per heavy atom. The summed E-state index contributed by atoms with van der Waals surface area (Å²) >= 11 is -1.15. The number of allylic oxidation sites excluding steroid dienone is 2. The SMILES string of the molecule is CC1=CCC2C(C)(CC[CH]([Hg][Cl])C2(C)C)O1. The monoisotopic (exact) mass is 430 g/mol. The predicted molar refractivity (Wildman–Crippen MR) is 64.0 cm³/mol. The quantitative estimate of drug-likeness (QED) is 0.557. The van der Waals surface area contributed by atoms with Gasteiger partial charge < -0.3 is 0 Å². The van der Waals surface area contributed by atoms with Gasteiger partial charge in [-0.15, -0.1) is 0 Å². The number of ether oxygens (including phenoxy) is 1. The molecule has 1 heterocycles. The first kappa shape index (κ1) is 13.2. The van der Waals surface area contributed by atoms with Crippen molar-refractivity contribution in [3.8, 4) is 0 Å². The first-order valence-corrected chi connectivity index (χ1v) is 16.3. The van der Waals surface area contributed by atoms with Gasteiger partial charge in [0.1, 0.15) is 0 Å². The number of rotatable bonds is 1. The van der Waals surface area contributed by atoms with Crippen LogP contribution in [0, 0.1) is 11.3 Å². The molecule has 3 heteroatoms. The van der Waals surface area contributed by atoms with E-state index >= 15 is 0 Å². The Morgan fingerprint density at radius 3 is 2.75 bits per heavy atom. The zero-order chi connectivity index (χ0) is 12.0. The second-order valence-electron chi connectivity index (χ2n) is 6.23. The van der Waals surface area contributed by atoms with Crippen molar-refractivity contribution in [2.45, 2.75) is 56.0 Å². The molecule has 1 saturated carbocycles. The Labute approximate surface area is 115 Å². The molecule has 1 aliphatic heterocycles. The van der Waals surface area contributed by atoms with Crippen LogP contribution in [-0.4, -0.2) is 5.60 Å². The fraction of sp³-hybridized carbons (Fsp3) is 0.846. The van der Waals surface area contributed by atoms with Crippen molar-refractivity contribution in [1.82, 2.24) is 0 Å². The molecule has 3 unspecified atom stereocenters. The van der Waals surface area contributed by atoms with Crippen molar-refractivity contribution in [3.05, 3.63) is 11.8 Å². The van der Waals surface area contributed by atoms with E-state index in [1.165, 1.54) is 19.3 Å². The molecule has 0 N–H and O–H groups in total. The summed E-state index contributed by atoms with van der Waals surface area (Å²) in [6.07, 6.45) is 5.93. The van der Waals surface area contributed by atoms with Crippen LogP contribution in [0.3, 0.4) is 0 Å². The van der Waals surface area contributed by atoms with E-state index in [0.717, 1.165) is 9.19 Å². The zero-order valence-corrected chi connectivity index (χ0v) is 17.1. The van der Waals surface area contributed by atoms with Crippen LogP contribution in [0.1, 0.15) is 47.0 Å². The van der Waals surface area contributed by atoms with Gasteiger partial charge in [-0.2, -0.15) is 0 Å². The normalized spacial score (nSPS) is 41.4. The maximum atomic E-state index is 6.34. The van der Waals surface area contributed by atoms with E-state index in [9.17, 15) is 0 Å². The third kappa shape index (κ3) is 2.07. The van der Waals surface area contributed by atoms with E-state index in [2.05, 4.69) is 33.8 Å².